The molecule has 0 saturated heterocycles. The van der Waals surface area contributed by atoms with Gasteiger partial charge >= 0.3 is 5.97 Å². The topological polar surface area (TPSA) is 79.3 Å². The third-order valence-electron chi connectivity index (χ3n) is 4.77. The number of hydrogen-bond acceptors (Lipinski definition) is 4. The lowest BCUT2D eigenvalue weighted by Crippen LogP contribution is -2.13. The fraction of sp³-hybridized carbons (Fsp3) is 0.192. The van der Waals surface area contributed by atoms with Gasteiger partial charge in [-0.1, -0.05) is 31.8 Å². The van der Waals surface area contributed by atoms with Crippen LogP contribution in [-0.4, -0.2) is 22.0 Å². The number of hydrogen-bond donors (Lipinski definition) is 2. The SMILES string of the molecule is C/C(=C\c1c(F)cc(C(=O)Nc2nc(-c3cccc(C#CCC(C)C)c3F)cs2)cc1F)C(=O)O. The van der Waals surface area contributed by atoms with Crippen LogP contribution in [-0.2, 0) is 4.79 Å². The minimum atomic E-state index is -1.32. The molecule has 3 aromatic rings. The number of anilines is 1. The maximum atomic E-state index is 14.9. The second-order valence-corrected chi connectivity index (χ2v) is 8.90. The van der Waals surface area contributed by atoms with Gasteiger partial charge in [0, 0.05) is 34.1 Å². The van der Waals surface area contributed by atoms with Gasteiger partial charge in [0.1, 0.15) is 17.5 Å². The van der Waals surface area contributed by atoms with Crippen LogP contribution in [0.5, 0.6) is 0 Å². The van der Waals surface area contributed by atoms with Crippen molar-refractivity contribution >= 4 is 34.4 Å². The Morgan fingerprint density at radius 1 is 1.20 bits per heavy atom. The molecule has 0 aliphatic rings. The van der Waals surface area contributed by atoms with Gasteiger partial charge in [0.15, 0.2) is 5.13 Å². The number of carbonyl (C=O) groups excluding carboxylic acids is 1. The van der Waals surface area contributed by atoms with Crippen molar-refractivity contribution in [3.8, 4) is 23.1 Å². The molecule has 2 N–H and O–H groups in total. The number of amides is 1. The van der Waals surface area contributed by atoms with Crippen LogP contribution in [0.1, 0.15) is 48.7 Å². The lowest BCUT2D eigenvalue weighted by Gasteiger charge is -2.06. The summed E-state index contributed by atoms with van der Waals surface area (Å²) in [6.07, 6.45) is 1.48. The monoisotopic (exact) mass is 498 g/mol. The fourth-order valence-electron chi connectivity index (χ4n) is 2.93. The van der Waals surface area contributed by atoms with Gasteiger partial charge < -0.3 is 5.11 Å². The van der Waals surface area contributed by atoms with Crippen molar-refractivity contribution in [3.63, 3.8) is 0 Å². The number of nitrogens with zero attached hydrogens (tertiary/aromatic N) is 1. The van der Waals surface area contributed by atoms with Crippen LogP contribution >= 0.6 is 11.3 Å². The number of carbonyl (C=O) groups is 2. The van der Waals surface area contributed by atoms with Crippen molar-refractivity contribution in [2.24, 2.45) is 5.92 Å². The maximum absolute atomic E-state index is 14.9. The second kappa shape index (κ2) is 11.0. The lowest BCUT2D eigenvalue weighted by molar-refractivity contribution is -0.132. The summed E-state index contributed by atoms with van der Waals surface area (Å²) in [7, 11) is 0. The zero-order valence-corrected chi connectivity index (χ0v) is 19.9. The molecule has 1 aromatic heterocycles. The van der Waals surface area contributed by atoms with Crippen molar-refractivity contribution in [1.29, 1.82) is 0 Å². The number of aromatic nitrogens is 1. The summed E-state index contributed by atoms with van der Waals surface area (Å²) < 4.78 is 43.6. The number of rotatable bonds is 6. The van der Waals surface area contributed by atoms with Gasteiger partial charge in [-0.25, -0.2) is 22.9 Å². The third-order valence-corrected chi connectivity index (χ3v) is 5.53. The van der Waals surface area contributed by atoms with Crippen molar-refractivity contribution in [3.05, 3.63) is 75.4 Å². The Morgan fingerprint density at radius 2 is 1.89 bits per heavy atom. The van der Waals surface area contributed by atoms with E-state index in [9.17, 15) is 22.8 Å². The zero-order chi connectivity index (χ0) is 25.7. The molecule has 3 rings (SSSR count). The van der Waals surface area contributed by atoms with E-state index in [0.29, 0.717) is 12.3 Å². The molecule has 1 heterocycles. The first-order chi connectivity index (χ1) is 16.6. The molecule has 180 valence electrons. The van der Waals surface area contributed by atoms with E-state index >= 15 is 0 Å². The van der Waals surface area contributed by atoms with Crippen LogP contribution in [0.3, 0.4) is 0 Å². The van der Waals surface area contributed by atoms with Gasteiger partial charge in [0.25, 0.3) is 5.91 Å². The normalized spacial score (nSPS) is 11.2. The maximum Gasteiger partial charge on any atom is 0.331 e. The van der Waals surface area contributed by atoms with E-state index in [1.165, 1.54) is 6.92 Å². The van der Waals surface area contributed by atoms with Crippen LogP contribution in [0.2, 0.25) is 0 Å². The van der Waals surface area contributed by atoms with Gasteiger partial charge in [-0.05, 0) is 43.2 Å². The molecule has 2 aromatic carbocycles. The van der Waals surface area contributed by atoms with Crippen LogP contribution in [0.4, 0.5) is 18.3 Å². The predicted molar refractivity (Wildman–Crippen MR) is 129 cm³/mol. The molecule has 0 unspecified atom stereocenters. The molecule has 0 atom stereocenters. The number of aliphatic carboxylic acids is 1. The number of carboxylic acid groups (broad SMARTS) is 1. The Balaban J connectivity index is 1.81. The molecule has 9 heteroatoms. The summed E-state index contributed by atoms with van der Waals surface area (Å²) in [5.41, 5.74) is -0.435. The summed E-state index contributed by atoms with van der Waals surface area (Å²) in [5.74, 6) is 1.26. The number of halogens is 3. The van der Waals surface area contributed by atoms with E-state index in [-0.39, 0.29) is 33.1 Å². The fourth-order valence-corrected chi connectivity index (χ4v) is 3.64. The van der Waals surface area contributed by atoms with E-state index in [1.54, 1.807) is 23.6 Å². The van der Waals surface area contributed by atoms with Crippen LogP contribution in [0, 0.1) is 35.2 Å². The number of carboxylic acids is 1. The van der Waals surface area contributed by atoms with Crippen molar-refractivity contribution in [2.45, 2.75) is 27.2 Å². The van der Waals surface area contributed by atoms with E-state index in [1.807, 2.05) is 13.8 Å². The highest BCUT2D eigenvalue weighted by molar-refractivity contribution is 7.14. The van der Waals surface area contributed by atoms with Gasteiger partial charge in [-0.15, -0.1) is 11.3 Å². The molecule has 1 amide bonds. The summed E-state index contributed by atoms with van der Waals surface area (Å²) in [5, 5.41) is 13.0. The van der Waals surface area contributed by atoms with Crippen LogP contribution < -0.4 is 5.32 Å². The second-order valence-electron chi connectivity index (χ2n) is 8.04. The quantitative estimate of drug-likeness (QED) is 0.306. The molecule has 0 aliphatic carbocycles. The van der Waals surface area contributed by atoms with Crippen molar-refractivity contribution < 1.29 is 27.9 Å². The minimum Gasteiger partial charge on any atom is -0.478 e. The van der Waals surface area contributed by atoms with E-state index < -0.39 is 34.9 Å². The van der Waals surface area contributed by atoms with Gasteiger partial charge in [-0.2, -0.15) is 0 Å². The summed E-state index contributed by atoms with van der Waals surface area (Å²) in [4.78, 5) is 27.6. The Morgan fingerprint density at radius 3 is 2.51 bits per heavy atom. The average molecular weight is 499 g/mol. The molecule has 0 aliphatic heterocycles. The van der Waals surface area contributed by atoms with Gasteiger partial charge in [-0.3, -0.25) is 10.1 Å². The average Bonchev–Trinajstić information content (AvgIpc) is 3.24. The molecule has 0 spiro atoms. The first-order valence-corrected chi connectivity index (χ1v) is 11.4. The summed E-state index contributed by atoms with van der Waals surface area (Å²) in [6, 6.07) is 6.36. The van der Waals surface area contributed by atoms with Gasteiger partial charge in [0.2, 0.25) is 0 Å². The van der Waals surface area contributed by atoms with E-state index in [4.69, 9.17) is 5.11 Å². The molecule has 0 bridgehead atoms. The van der Waals surface area contributed by atoms with E-state index in [0.717, 1.165) is 29.5 Å². The van der Waals surface area contributed by atoms with Crippen LogP contribution in [0.25, 0.3) is 17.3 Å². The minimum absolute atomic E-state index is 0.104. The summed E-state index contributed by atoms with van der Waals surface area (Å²) in [6.45, 7) is 5.22. The first-order valence-electron chi connectivity index (χ1n) is 10.5. The molecular formula is C26H21F3N2O3S. The van der Waals surface area contributed by atoms with Gasteiger partial charge in [0.05, 0.1) is 11.3 Å². The molecule has 5 nitrogen and oxygen atoms in total. The smallest absolute Gasteiger partial charge is 0.331 e. The number of benzene rings is 2. The number of thiazole rings is 1. The Kier molecular flexibility index (Phi) is 8.10. The standard InChI is InChI=1S/C26H21F3N2O3S/c1-14(2)6-4-7-16-8-5-9-18(23(16)29)22-13-35-26(30-22)31-24(32)17-11-20(27)19(21(28)12-17)10-15(3)25(33)34/h5,8-14H,6H2,1-3H3,(H,33,34)(H,30,31,32)/b15-10+. The Labute approximate surface area is 204 Å². The Hall–Kier alpha value is -3.90. The highest BCUT2D eigenvalue weighted by atomic mass is 32.1. The van der Waals surface area contributed by atoms with Crippen molar-refractivity contribution in [1.82, 2.24) is 4.98 Å². The van der Waals surface area contributed by atoms with E-state index in [2.05, 4.69) is 22.1 Å². The van der Waals surface area contributed by atoms with Crippen molar-refractivity contribution in [2.75, 3.05) is 5.32 Å². The highest BCUT2D eigenvalue weighted by Crippen LogP contribution is 2.29. The highest BCUT2D eigenvalue weighted by Gasteiger charge is 2.18. The number of nitrogens with one attached hydrogen (secondary N) is 1. The zero-order valence-electron chi connectivity index (χ0n) is 19.1. The molecular weight excluding hydrogens is 477 g/mol. The van der Waals surface area contributed by atoms with Crippen LogP contribution in [0.15, 0.2) is 41.3 Å². The molecule has 0 saturated carbocycles. The summed E-state index contributed by atoms with van der Waals surface area (Å²) >= 11 is 1.02. The third kappa shape index (κ3) is 6.37. The molecule has 0 radical (unpaired) electrons. The largest absolute Gasteiger partial charge is 0.478 e. The predicted octanol–water partition coefficient (Wildman–Crippen LogP) is 6.37. The molecule has 35 heavy (non-hydrogen) atoms. The lowest BCUT2D eigenvalue weighted by atomic mass is 10.1. The first kappa shape index (κ1) is 25.7. The Bertz CT molecular complexity index is 1360. The molecule has 0 fully saturated rings.